The van der Waals surface area contributed by atoms with E-state index in [9.17, 15) is 9.59 Å². The lowest BCUT2D eigenvalue weighted by molar-refractivity contribution is -0.142. The number of nitrogens with two attached hydrogens (primary N) is 1. The number of thioether (sulfide) groups is 1. The molecule has 0 amide bonds. The van der Waals surface area contributed by atoms with Crippen molar-refractivity contribution in [2.45, 2.75) is 50.8 Å². The number of carbonyl (C=O) groups is 2. The van der Waals surface area contributed by atoms with Gasteiger partial charge in [-0.3, -0.25) is 9.59 Å². The maximum atomic E-state index is 11.7. The summed E-state index contributed by atoms with van der Waals surface area (Å²) in [4.78, 5) is 22.3. The molecule has 0 bridgehead atoms. The van der Waals surface area contributed by atoms with Crippen LogP contribution in [0, 0.1) is 0 Å². The summed E-state index contributed by atoms with van der Waals surface area (Å²) >= 11 is 1.28. The fourth-order valence-electron chi connectivity index (χ4n) is 1.38. The second-order valence-corrected chi connectivity index (χ2v) is 5.25. The Bertz CT molecular complexity index is 260. The van der Waals surface area contributed by atoms with E-state index in [2.05, 4.69) is 6.92 Å². The van der Waals surface area contributed by atoms with Crippen LogP contribution in [0.2, 0.25) is 0 Å². The van der Waals surface area contributed by atoms with E-state index >= 15 is 0 Å². The molecule has 0 spiro atoms. The van der Waals surface area contributed by atoms with Crippen LogP contribution in [0.1, 0.15) is 39.5 Å². The Balaban J connectivity index is 4.19. The fourth-order valence-corrected chi connectivity index (χ4v) is 2.49. The van der Waals surface area contributed by atoms with Gasteiger partial charge in [-0.15, -0.1) is 11.8 Å². The molecular formula is C12H23NO4S. The SMILES string of the molecule is CCCCC[C@@H](SC[C@H](N)C(=O)O)C(=O)OCC. The van der Waals surface area contributed by atoms with E-state index in [1.54, 1.807) is 6.92 Å². The van der Waals surface area contributed by atoms with Crippen LogP contribution in [0.5, 0.6) is 0 Å². The first-order chi connectivity index (χ1) is 8.52. The second-order valence-electron chi connectivity index (χ2n) is 4.01. The highest BCUT2D eigenvalue weighted by Gasteiger charge is 2.22. The first-order valence-electron chi connectivity index (χ1n) is 6.29. The number of esters is 1. The van der Waals surface area contributed by atoms with Crippen LogP contribution in [0.3, 0.4) is 0 Å². The first kappa shape index (κ1) is 17.2. The van der Waals surface area contributed by atoms with E-state index < -0.39 is 12.0 Å². The lowest BCUT2D eigenvalue weighted by atomic mass is 10.1. The number of unbranched alkanes of at least 4 members (excludes halogenated alkanes) is 2. The molecule has 0 aliphatic heterocycles. The third-order valence-electron chi connectivity index (χ3n) is 2.41. The van der Waals surface area contributed by atoms with Crippen molar-refractivity contribution in [2.24, 2.45) is 5.73 Å². The van der Waals surface area contributed by atoms with Crippen LogP contribution in [0.25, 0.3) is 0 Å². The molecule has 0 aliphatic rings. The van der Waals surface area contributed by atoms with Crippen molar-refractivity contribution < 1.29 is 19.4 Å². The van der Waals surface area contributed by atoms with Gasteiger partial charge in [-0.2, -0.15) is 0 Å². The van der Waals surface area contributed by atoms with Gasteiger partial charge in [0.25, 0.3) is 0 Å². The highest BCUT2D eigenvalue weighted by atomic mass is 32.2. The highest BCUT2D eigenvalue weighted by molar-refractivity contribution is 8.00. The lowest BCUT2D eigenvalue weighted by Gasteiger charge is -2.16. The second kappa shape index (κ2) is 10.2. The van der Waals surface area contributed by atoms with E-state index in [0.717, 1.165) is 19.3 Å². The topological polar surface area (TPSA) is 89.6 Å². The zero-order valence-corrected chi connectivity index (χ0v) is 11.9. The molecule has 0 rings (SSSR count). The van der Waals surface area contributed by atoms with Crippen LogP contribution in [-0.2, 0) is 14.3 Å². The average Bonchev–Trinajstić information content (AvgIpc) is 2.33. The van der Waals surface area contributed by atoms with E-state index in [0.29, 0.717) is 13.0 Å². The molecule has 0 saturated heterocycles. The van der Waals surface area contributed by atoms with Crippen molar-refractivity contribution in [2.75, 3.05) is 12.4 Å². The summed E-state index contributed by atoms with van der Waals surface area (Å²) in [5.41, 5.74) is 5.42. The quantitative estimate of drug-likeness (QED) is 0.466. The number of aliphatic carboxylic acids is 1. The van der Waals surface area contributed by atoms with Crippen LogP contribution in [0.4, 0.5) is 0 Å². The van der Waals surface area contributed by atoms with Gasteiger partial charge >= 0.3 is 11.9 Å². The zero-order valence-electron chi connectivity index (χ0n) is 11.1. The van der Waals surface area contributed by atoms with Gasteiger partial charge in [-0.1, -0.05) is 26.2 Å². The van der Waals surface area contributed by atoms with Gasteiger partial charge < -0.3 is 15.6 Å². The first-order valence-corrected chi connectivity index (χ1v) is 7.34. The van der Waals surface area contributed by atoms with Gasteiger partial charge in [0.2, 0.25) is 0 Å². The molecule has 3 N–H and O–H groups in total. The van der Waals surface area contributed by atoms with Crippen molar-refractivity contribution >= 4 is 23.7 Å². The molecule has 0 aromatic rings. The third-order valence-corrected chi connectivity index (χ3v) is 3.80. The van der Waals surface area contributed by atoms with E-state index in [1.165, 1.54) is 11.8 Å². The minimum atomic E-state index is -1.04. The summed E-state index contributed by atoms with van der Waals surface area (Å²) in [6.07, 6.45) is 3.79. The molecule has 0 heterocycles. The zero-order chi connectivity index (χ0) is 14.0. The summed E-state index contributed by atoms with van der Waals surface area (Å²) in [6.45, 7) is 4.19. The van der Waals surface area contributed by atoms with Gasteiger partial charge in [0.15, 0.2) is 0 Å². The predicted octanol–water partition coefficient (Wildman–Crippen LogP) is 1.64. The molecule has 2 atom stereocenters. The Hall–Kier alpha value is -0.750. The number of carbonyl (C=O) groups excluding carboxylic acids is 1. The van der Waals surface area contributed by atoms with Crippen molar-refractivity contribution in [1.29, 1.82) is 0 Å². The van der Waals surface area contributed by atoms with Crippen LogP contribution >= 0.6 is 11.8 Å². The van der Waals surface area contributed by atoms with Gasteiger partial charge in [0.05, 0.1) is 6.61 Å². The summed E-state index contributed by atoms with van der Waals surface area (Å²) in [5.74, 6) is -1.08. The summed E-state index contributed by atoms with van der Waals surface area (Å²) < 4.78 is 4.98. The molecule has 0 radical (unpaired) electrons. The number of carboxylic acids is 1. The Kier molecular flexibility index (Phi) is 9.77. The summed E-state index contributed by atoms with van der Waals surface area (Å²) in [7, 11) is 0. The largest absolute Gasteiger partial charge is 0.480 e. The molecule has 0 unspecified atom stereocenters. The molecule has 6 heteroatoms. The monoisotopic (exact) mass is 277 g/mol. The fraction of sp³-hybridized carbons (Fsp3) is 0.833. The summed E-state index contributed by atoms with van der Waals surface area (Å²) in [5, 5.41) is 8.39. The van der Waals surface area contributed by atoms with Gasteiger partial charge in [-0.05, 0) is 13.3 Å². The Morgan fingerprint density at radius 1 is 1.33 bits per heavy atom. The standard InChI is InChI=1S/C12H23NO4S/c1-3-5-6-7-10(12(16)17-4-2)18-8-9(13)11(14)15/h9-10H,3-8,13H2,1-2H3,(H,14,15)/t9-,10+/m0/s1. The molecule has 0 fully saturated rings. The minimum absolute atomic E-state index is 0.227. The van der Waals surface area contributed by atoms with Crippen molar-refractivity contribution in [1.82, 2.24) is 0 Å². The summed E-state index contributed by atoms with van der Waals surface area (Å²) in [6, 6.07) is -0.932. The Labute approximate surface area is 112 Å². The van der Waals surface area contributed by atoms with E-state index in [4.69, 9.17) is 15.6 Å². The van der Waals surface area contributed by atoms with Gasteiger partial charge in [0, 0.05) is 5.75 Å². The molecule has 0 aromatic carbocycles. The smallest absolute Gasteiger partial charge is 0.321 e. The Morgan fingerprint density at radius 2 is 2.00 bits per heavy atom. The van der Waals surface area contributed by atoms with Gasteiger partial charge in [-0.25, -0.2) is 0 Å². The highest BCUT2D eigenvalue weighted by Crippen LogP contribution is 2.20. The predicted molar refractivity (Wildman–Crippen MR) is 72.6 cm³/mol. The third kappa shape index (κ3) is 7.55. The van der Waals surface area contributed by atoms with E-state index in [1.807, 2.05) is 0 Å². The maximum Gasteiger partial charge on any atom is 0.321 e. The average molecular weight is 277 g/mol. The van der Waals surface area contributed by atoms with Crippen molar-refractivity contribution in [3.05, 3.63) is 0 Å². The minimum Gasteiger partial charge on any atom is -0.480 e. The van der Waals surface area contributed by atoms with Crippen LogP contribution < -0.4 is 5.73 Å². The number of hydrogen-bond donors (Lipinski definition) is 2. The normalized spacial score (nSPS) is 13.9. The van der Waals surface area contributed by atoms with Crippen molar-refractivity contribution in [3.63, 3.8) is 0 Å². The Morgan fingerprint density at radius 3 is 2.50 bits per heavy atom. The number of ether oxygens (including phenoxy) is 1. The molecule has 5 nitrogen and oxygen atoms in total. The van der Waals surface area contributed by atoms with Crippen LogP contribution in [-0.4, -0.2) is 40.7 Å². The molecule has 106 valence electrons. The van der Waals surface area contributed by atoms with Gasteiger partial charge in [0.1, 0.15) is 11.3 Å². The number of rotatable bonds is 10. The number of hydrogen-bond acceptors (Lipinski definition) is 5. The number of carboxylic acid groups (broad SMARTS) is 1. The molecule has 0 aromatic heterocycles. The molecule has 0 saturated carbocycles. The van der Waals surface area contributed by atoms with Crippen LogP contribution in [0.15, 0.2) is 0 Å². The molecule has 0 aliphatic carbocycles. The molecule has 18 heavy (non-hydrogen) atoms. The molecular weight excluding hydrogens is 254 g/mol. The van der Waals surface area contributed by atoms with E-state index in [-0.39, 0.29) is 17.0 Å². The lowest BCUT2D eigenvalue weighted by Crippen LogP contribution is -2.34. The van der Waals surface area contributed by atoms with Crippen molar-refractivity contribution in [3.8, 4) is 0 Å². The maximum absolute atomic E-state index is 11.7.